The highest BCUT2D eigenvalue weighted by Gasteiger charge is 2.51. The summed E-state index contributed by atoms with van der Waals surface area (Å²) < 4.78 is 18.1. The van der Waals surface area contributed by atoms with E-state index in [9.17, 15) is 0 Å². The lowest BCUT2D eigenvalue weighted by molar-refractivity contribution is 0.00578. The maximum absolute atomic E-state index is 6.11. The molecule has 114 valence electrons. The lowest BCUT2D eigenvalue weighted by Crippen LogP contribution is -2.41. The molecule has 0 aromatic heterocycles. The smallest absolute Gasteiger partial charge is 0.490 e. The van der Waals surface area contributed by atoms with Crippen LogP contribution in [-0.2, 0) is 15.9 Å². The minimum atomic E-state index is -0.372. The average Bonchev–Trinajstić information content (AvgIpc) is 3.16. The standard InChI is InChI=1S/C16H24BNO3/c1-15(2)16(3,4)21-17(20-15)12-7-11(10-18)8-14(9-12)19-13-5-6-13/h7-9,13H,5-6,10,18H2,1-4H3. The molecule has 1 aromatic rings. The summed E-state index contributed by atoms with van der Waals surface area (Å²) >= 11 is 0. The van der Waals surface area contributed by atoms with E-state index < -0.39 is 0 Å². The van der Waals surface area contributed by atoms with Crippen molar-refractivity contribution < 1.29 is 14.0 Å². The molecule has 1 aliphatic heterocycles. The Morgan fingerprint density at radius 1 is 1.14 bits per heavy atom. The first-order chi connectivity index (χ1) is 9.80. The molecule has 0 spiro atoms. The van der Waals surface area contributed by atoms with Crippen LogP contribution in [0.5, 0.6) is 5.75 Å². The fourth-order valence-corrected chi connectivity index (χ4v) is 2.37. The van der Waals surface area contributed by atoms with Gasteiger partial charge in [0.1, 0.15) is 5.75 Å². The van der Waals surface area contributed by atoms with Crippen molar-refractivity contribution in [1.29, 1.82) is 0 Å². The third-order valence-electron chi connectivity index (χ3n) is 4.58. The summed E-state index contributed by atoms with van der Waals surface area (Å²) in [6.45, 7) is 8.71. The van der Waals surface area contributed by atoms with Crippen molar-refractivity contribution in [3.05, 3.63) is 23.8 Å². The first-order valence-electron chi connectivity index (χ1n) is 7.67. The zero-order valence-corrected chi connectivity index (χ0v) is 13.3. The second-order valence-electron chi connectivity index (χ2n) is 7.02. The van der Waals surface area contributed by atoms with Gasteiger partial charge in [0.05, 0.1) is 17.3 Å². The van der Waals surface area contributed by atoms with E-state index in [-0.39, 0.29) is 18.3 Å². The number of nitrogens with two attached hydrogens (primary N) is 1. The summed E-state index contributed by atoms with van der Waals surface area (Å²) in [5.74, 6) is 0.866. The number of ether oxygens (including phenoxy) is 1. The Morgan fingerprint density at radius 3 is 2.29 bits per heavy atom. The van der Waals surface area contributed by atoms with Crippen LogP contribution in [0.4, 0.5) is 0 Å². The molecule has 21 heavy (non-hydrogen) atoms. The summed E-state index contributed by atoms with van der Waals surface area (Å²) in [7, 11) is -0.372. The van der Waals surface area contributed by atoms with E-state index in [4.69, 9.17) is 19.8 Å². The Morgan fingerprint density at radius 2 is 1.76 bits per heavy atom. The minimum Gasteiger partial charge on any atom is -0.490 e. The molecule has 2 aliphatic rings. The van der Waals surface area contributed by atoms with Gasteiger partial charge in [-0.05, 0) is 63.7 Å². The van der Waals surface area contributed by atoms with Crippen LogP contribution in [0, 0.1) is 0 Å². The Balaban J connectivity index is 1.87. The molecule has 5 heteroatoms. The van der Waals surface area contributed by atoms with Gasteiger partial charge in [0.15, 0.2) is 0 Å². The average molecular weight is 289 g/mol. The summed E-state index contributed by atoms with van der Waals surface area (Å²) in [5.41, 5.74) is 7.14. The number of hydrogen-bond acceptors (Lipinski definition) is 4. The van der Waals surface area contributed by atoms with Crippen molar-refractivity contribution in [2.75, 3.05) is 0 Å². The summed E-state index contributed by atoms with van der Waals surface area (Å²) in [6, 6.07) is 6.06. The quantitative estimate of drug-likeness (QED) is 0.861. The van der Waals surface area contributed by atoms with Gasteiger partial charge in [-0.3, -0.25) is 0 Å². The molecule has 0 unspecified atom stereocenters. The first-order valence-corrected chi connectivity index (χ1v) is 7.67. The molecule has 0 radical (unpaired) electrons. The van der Waals surface area contributed by atoms with E-state index in [2.05, 4.69) is 27.7 Å². The predicted molar refractivity (Wildman–Crippen MR) is 83.7 cm³/mol. The minimum absolute atomic E-state index is 0.339. The highest BCUT2D eigenvalue weighted by atomic mass is 16.7. The van der Waals surface area contributed by atoms with Crippen molar-refractivity contribution in [3.8, 4) is 5.75 Å². The van der Waals surface area contributed by atoms with Gasteiger partial charge in [0.25, 0.3) is 0 Å². The molecule has 3 rings (SSSR count). The van der Waals surface area contributed by atoms with Crippen molar-refractivity contribution in [2.45, 2.75) is 64.4 Å². The van der Waals surface area contributed by atoms with Crippen molar-refractivity contribution >= 4 is 12.6 Å². The van der Waals surface area contributed by atoms with Gasteiger partial charge >= 0.3 is 7.12 Å². The maximum Gasteiger partial charge on any atom is 0.494 e. The molecule has 0 amide bonds. The molecular formula is C16H24BNO3. The second kappa shape index (κ2) is 5.01. The third-order valence-corrected chi connectivity index (χ3v) is 4.58. The fourth-order valence-electron chi connectivity index (χ4n) is 2.37. The highest BCUT2D eigenvalue weighted by molar-refractivity contribution is 6.62. The van der Waals surface area contributed by atoms with Crippen LogP contribution in [0.15, 0.2) is 18.2 Å². The summed E-state index contributed by atoms with van der Waals surface area (Å²) in [4.78, 5) is 0. The number of hydrogen-bond donors (Lipinski definition) is 1. The fraction of sp³-hybridized carbons (Fsp3) is 0.625. The topological polar surface area (TPSA) is 53.7 Å². The van der Waals surface area contributed by atoms with Crippen LogP contribution in [0.25, 0.3) is 0 Å². The molecule has 1 aliphatic carbocycles. The SMILES string of the molecule is CC1(C)OB(c2cc(CN)cc(OC3CC3)c2)OC1(C)C. The van der Waals surface area contributed by atoms with E-state index in [1.165, 1.54) is 0 Å². The molecule has 1 saturated heterocycles. The van der Waals surface area contributed by atoms with Gasteiger partial charge in [-0.2, -0.15) is 0 Å². The molecule has 1 saturated carbocycles. The van der Waals surface area contributed by atoms with E-state index in [0.717, 1.165) is 29.6 Å². The monoisotopic (exact) mass is 289 g/mol. The molecule has 2 N–H and O–H groups in total. The van der Waals surface area contributed by atoms with Crippen LogP contribution in [0.3, 0.4) is 0 Å². The van der Waals surface area contributed by atoms with Crippen LogP contribution in [0.2, 0.25) is 0 Å². The summed E-state index contributed by atoms with van der Waals surface area (Å²) in [6.07, 6.45) is 2.64. The highest BCUT2D eigenvalue weighted by Crippen LogP contribution is 2.37. The molecule has 0 atom stereocenters. The zero-order valence-electron chi connectivity index (χ0n) is 13.3. The maximum atomic E-state index is 6.11. The lowest BCUT2D eigenvalue weighted by atomic mass is 9.78. The molecule has 1 aromatic carbocycles. The number of rotatable bonds is 4. The summed E-state index contributed by atoms with van der Waals surface area (Å²) in [5, 5.41) is 0. The molecule has 2 fully saturated rings. The normalized spacial score (nSPS) is 23.4. The van der Waals surface area contributed by atoms with Crippen LogP contribution in [0.1, 0.15) is 46.1 Å². The van der Waals surface area contributed by atoms with Gasteiger partial charge in [-0.15, -0.1) is 0 Å². The Bertz CT molecular complexity index is 524. The van der Waals surface area contributed by atoms with Gasteiger partial charge in [0.2, 0.25) is 0 Å². The molecule has 0 bridgehead atoms. The van der Waals surface area contributed by atoms with Gasteiger partial charge in [-0.25, -0.2) is 0 Å². The van der Waals surface area contributed by atoms with E-state index in [0.29, 0.717) is 12.6 Å². The van der Waals surface area contributed by atoms with E-state index in [1.54, 1.807) is 0 Å². The van der Waals surface area contributed by atoms with Crippen LogP contribution in [-0.4, -0.2) is 24.4 Å². The molecule has 4 nitrogen and oxygen atoms in total. The predicted octanol–water partition coefficient (Wildman–Crippen LogP) is 1.99. The largest absolute Gasteiger partial charge is 0.494 e. The third kappa shape index (κ3) is 2.96. The Hall–Kier alpha value is -1.04. The lowest BCUT2D eigenvalue weighted by Gasteiger charge is -2.32. The zero-order chi connectivity index (χ0) is 15.3. The van der Waals surface area contributed by atoms with Crippen molar-refractivity contribution in [1.82, 2.24) is 0 Å². The number of benzene rings is 1. The molecular weight excluding hydrogens is 265 g/mol. The van der Waals surface area contributed by atoms with Crippen molar-refractivity contribution in [3.63, 3.8) is 0 Å². The Kier molecular flexibility index (Phi) is 3.55. The second-order valence-corrected chi connectivity index (χ2v) is 7.02. The van der Waals surface area contributed by atoms with Gasteiger partial charge in [0, 0.05) is 6.54 Å². The first kappa shape index (κ1) is 14.9. The van der Waals surface area contributed by atoms with Gasteiger partial charge in [-0.1, -0.05) is 6.07 Å². The van der Waals surface area contributed by atoms with Crippen molar-refractivity contribution in [2.24, 2.45) is 5.73 Å². The molecule has 1 heterocycles. The Labute approximate surface area is 127 Å². The van der Waals surface area contributed by atoms with E-state index in [1.807, 2.05) is 18.2 Å². The van der Waals surface area contributed by atoms with Crippen LogP contribution >= 0.6 is 0 Å². The van der Waals surface area contributed by atoms with E-state index >= 15 is 0 Å². The van der Waals surface area contributed by atoms with Gasteiger partial charge < -0.3 is 19.8 Å². The van der Waals surface area contributed by atoms with Crippen LogP contribution < -0.4 is 15.9 Å².